The van der Waals surface area contributed by atoms with Crippen LogP contribution in [0.5, 0.6) is 0 Å². The van der Waals surface area contributed by atoms with Gasteiger partial charge in [0.25, 0.3) is 0 Å². The highest BCUT2D eigenvalue weighted by Gasteiger charge is 2.53. The van der Waals surface area contributed by atoms with Gasteiger partial charge in [-0.3, -0.25) is 4.57 Å². The molecule has 6 N–H and O–H groups in total. The van der Waals surface area contributed by atoms with Crippen LogP contribution in [0.25, 0.3) is 11.2 Å². The summed E-state index contributed by atoms with van der Waals surface area (Å²) < 4.78 is 21.1. The molecule has 1 fully saturated rings. The van der Waals surface area contributed by atoms with Gasteiger partial charge >= 0.3 is 0 Å². The van der Waals surface area contributed by atoms with Crippen molar-refractivity contribution in [1.82, 2.24) is 19.5 Å². The average Bonchev–Trinajstić information content (AvgIpc) is 2.95. The van der Waals surface area contributed by atoms with Gasteiger partial charge in [0.05, 0.1) is 12.9 Å². The lowest BCUT2D eigenvalue weighted by Crippen LogP contribution is -2.42. The first-order chi connectivity index (χ1) is 9.87. The molecule has 0 saturated carbocycles. The van der Waals surface area contributed by atoms with Crippen LogP contribution in [0.1, 0.15) is 13.2 Å². The summed E-state index contributed by atoms with van der Waals surface area (Å²) in [5.74, 6) is -0.0178. The van der Waals surface area contributed by atoms with E-state index in [1.54, 1.807) is 0 Å². The van der Waals surface area contributed by atoms with Gasteiger partial charge in [0.2, 0.25) is 5.95 Å². The number of hydrogen-bond acceptors (Lipinski definition) is 8. The second-order valence-electron chi connectivity index (χ2n) is 5.16. The predicted molar refractivity (Wildman–Crippen MR) is 70.7 cm³/mol. The third kappa shape index (κ3) is 1.91. The molecule has 1 aliphatic rings. The lowest BCUT2D eigenvalue weighted by Gasteiger charge is -2.24. The Kier molecular flexibility index (Phi) is 2.97. The summed E-state index contributed by atoms with van der Waals surface area (Å²) in [6.07, 6.45) is -3.17. The standard InChI is InChI=1S/C11H15FN6O3/c1-11(2-19)6(20)4(12)9(21-11)18-3-15-5-7(13)16-10(14)17-8(5)18/h3-4,6,9,19-20H,2H2,1H3,(H4,13,14,16,17)/t4-,6+,9-,11-/m1/s1. The Hall–Kier alpha value is -2.04. The molecule has 4 atom stereocenters. The fourth-order valence-corrected chi connectivity index (χ4v) is 2.39. The van der Waals surface area contributed by atoms with Gasteiger partial charge in [-0.1, -0.05) is 0 Å². The maximum Gasteiger partial charge on any atom is 0.224 e. The Morgan fingerprint density at radius 2 is 2.19 bits per heavy atom. The summed E-state index contributed by atoms with van der Waals surface area (Å²) >= 11 is 0. The number of nitrogens with zero attached hydrogens (tertiary/aromatic N) is 4. The molecule has 3 rings (SSSR count). The number of anilines is 2. The molecule has 2 aromatic rings. The molecule has 1 aliphatic heterocycles. The van der Waals surface area contributed by atoms with Crippen molar-refractivity contribution in [3.8, 4) is 0 Å². The maximum absolute atomic E-state index is 14.3. The molecule has 21 heavy (non-hydrogen) atoms. The molecule has 0 amide bonds. The van der Waals surface area contributed by atoms with E-state index < -0.39 is 30.7 Å². The first-order valence-corrected chi connectivity index (χ1v) is 6.23. The number of halogens is 1. The first kappa shape index (κ1) is 13.9. The lowest BCUT2D eigenvalue weighted by molar-refractivity contribution is -0.115. The summed E-state index contributed by atoms with van der Waals surface area (Å²) in [6.45, 7) is 0.887. The molecule has 3 heterocycles. The largest absolute Gasteiger partial charge is 0.393 e. The number of fused-ring (bicyclic) bond motifs is 1. The highest BCUT2D eigenvalue weighted by molar-refractivity contribution is 5.82. The number of aliphatic hydroxyl groups is 2. The Labute approximate surface area is 118 Å². The van der Waals surface area contributed by atoms with E-state index in [-0.39, 0.29) is 22.9 Å². The molecular formula is C11H15FN6O3. The number of aliphatic hydroxyl groups excluding tert-OH is 2. The fourth-order valence-electron chi connectivity index (χ4n) is 2.39. The quantitative estimate of drug-likeness (QED) is 0.550. The highest BCUT2D eigenvalue weighted by Crippen LogP contribution is 2.39. The normalized spacial score (nSPS) is 32.9. The molecule has 10 heteroatoms. The molecule has 0 aromatic carbocycles. The van der Waals surface area contributed by atoms with E-state index in [0.29, 0.717) is 0 Å². The smallest absolute Gasteiger partial charge is 0.224 e. The molecular weight excluding hydrogens is 283 g/mol. The number of nitrogen functional groups attached to an aromatic ring is 2. The average molecular weight is 298 g/mol. The van der Waals surface area contributed by atoms with Crippen LogP contribution in [0.2, 0.25) is 0 Å². The van der Waals surface area contributed by atoms with E-state index >= 15 is 0 Å². The second kappa shape index (κ2) is 4.48. The zero-order chi connectivity index (χ0) is 15.4. The number of nitrogens with two attached hydrogens (primary N) is 2. The van der Waals surface area contributed by atoms with Crippen molar-refractivity contribution in [1.29, 1.82) is 0 Å². The van der Waals surface area contributed by atoms with Crippen LogP contribution in [0.15, 0.2) is 6.33 Å². The van der Waals surface area contributed by atoms with Crippen molar-refractivity contribution in [2.75, 3.05) is 18.1 Å². The minimum atomic E-state index is -1.77. The summed E-state index contributed by atoms with van der Waals surface area (Å²) in [5.41, 5.74) is 10.2. The molecule has 0 bridgehead atoms. The molecule has 0 spiro atoms. The van der Waals surface area contributed by atoms with Crippen molar-refractivity contribution in [3.63, 3.8) is 0 Å². The van der Waals surface area contributed by atoms with Gasteiger partial charge in [0, 0.05) is 0 Å². The van der Waals surface area contributed by atoms with Crippen molar-refractivity contribution < 1.29 is 19.3 Å². The van der Waals surface area contributed by atoms with Crippen LogP contribution in [0.4, 0.5) is 16.2 Å². The SMILES string of the molecule is C[C@]1(CO)O[C@@H](n2cnc3c(N)nc(N)nc32)[C@H](F)[C@@H]1O. The summed E-state index contributed by atoms with van der Waals surface area (Å²) in [7, 11) is 0. The van der Waals surface area contributed by atoms with Crippen LogP contribution >= 0.6 is 0 Å². The third-order valence-corrected chi connectivity index (χ3v) is 3.64. The predicted octanol–water partition coefficient (Wildman–Crippen LogP) is -1.03. The Morgan fingerprint density at radius 3 is 2.81 bits per heavy atom. The highest BCUT2D eigenvalue weighted by atomic mass is 19.1. The van der Waals surface area contributed by atoms with Gasteiger partial charge in [0.1, 0.15) is 17.2 Å². The minimum absolute atomic E-state index is 0.0649. The summed E-state index contributed by atoms with van der Waals surface area (Å²) in [6, 6.07) is 0. The number of rotatable bonds is 2. The van der Waals surface area contributed by atoms with E-state index in [1.165, 1.54) is 17.8 Å². The van der Waals surface area contributed by atoms with Gasteiger partial charge < -0.3 is 26.4 Å². The van der Waals surface area contributed by atoms with Crippen molar-refractivity contribution in [2.24, 2.45) is 0 Å². The maximum atomic E-state index is 14.3. The Bertz CT molecular complexity index is 694. The van der Waals surface area contributed by atoms with E-state index in [4.69, 9.17) is 16.2 Å². The zero-order valence-corrected chi connectivity index (χ0v) is 11.1. The van der Waals surface area contributed by atoms with Crippen molar-refractivity contribution >= 4 is 22.9 Å². The number of ether oxygens (including phenoxy) is 1. The first-order valence-electron chi connectivity index (χ1n) is 6.23. The van der Waals surface area contributed by atoms with Gasteiger partial charge in [-0.05, 0) is 6.92 Å². The number of hydrogen-bond donors (Lipinski definition) is 4. The zero-order valence-electron chi connectivity index (χ0n) is 11.1. The minimum Gasteiger partial charge on any atom is -0.393 e. The van der Waals surface area contributed by atoms with Crippen molar-refractivity contribution in [3.05, 3.63) is 6.33 Å². The van der Waals surface area contributed by atoms with Crippen LogP contribution in [0, 0.1) is 0 Å². The van der Waals surface area contributed by atoms with E-state index in [0.717, 1.165) is 0 Å². The number of alkyl halides is 1. The molecule has 0 unspecified atom stereocenters. The molecule has 9 nitrogen and oxygen atoms in total. The van der Waals surface area contributed by atoms with Crippen LogP contribution in [0.3, 0.4) is 0 Å². The molecule has 0 aliphatic carbocycles. The lowest BCUT2D eigenvalue weighted by atomic mass is 9.99. The van der Waals surface area contributed by atoms with Crippen LogP contribution < -0.4 is 11.5 Å². The number of aromatic nitrogens is 4. The molecule has 114 valence electrons. The van der Waals surface area contributed by atoms with E-state index in [1.807, 2.05) is 0 Å². The van der Waals surface area contributed by atoms with E-state index in [2.05, 4.69) is 15.0 Å². The molecule has 2 aromatic heterocycles. The van der Waals surface area contributed by atoms with Gasteiger partial charge in [-0.2, -0.15) is 9.97 Å². The van der Waals surface area contributed by atoms with Gasteiger partial charge in [-0.15, -0.1) is 0 Å². The van der Waals surface area contributed by atoms with Crippen LogP contribution in [-0.4, -0.2) is 54.2 Å². The topological polar surface area (TPSA) is 145 Å². The fraction of sp³-hybridized carbons (Fsp3) is 0.545. The Morgan fingerprint density at radius 1 is 1.48 bits per heavy atom. The van der Waals surface area contributed by atoms with Crippen molar-refractivity contribution in [2.45, 2.75) is 31.0 Å². The number of imidazole rings is 1. The summed E-state index contributed by atoms with van der Waals surface area (Å²) in [5, 5.41) is 19.2. The van der Waals surface area contributed by atoms with Gasteiger partial charge in [0.15, 0.2) is 23.9 Å². The summed E-state index contributed by atoms with van der Waals surface area (Å²) in [4.78, 5) is 11.7. The second-order valence-corrected chi connectivity index (χ2v) is 5.16. The molecule has 0 radical (unpaired) electrons. The molecule has 1 saturated heterocycles. The monoisotopic (exact) mass is 298 g/mol. The van der Waals surface area contributed by atoms with Gasteiger partial charge in [-0.25, -0.2) is 9.37 Å². The third-order valence-electron chi connectivity index (χ3n) is 3.64. The Balaban J connectivity index is 2.10. The van der Waals surface area contributed by atoms with Crippen LogP contribution in [-0.2, 0) is 4.74 Å². The van der Waals surface area contributed by atoms with E-state index in [9.17, 15) is 14.6 Å².